The number of fused-ring (bicyclic) bond motifs is 5. The maximum Gasteiger partial charge on any atom is 0.237 e. The van der Waals surface area contributed by atoms with Gasteiger partial charge in [-0.3, -0.25) is 14.2 Å². The van der Waals surface area contributed by atoms with E-state index in [9.17, 15) is 13.2 Å². The van der Waals surface area contributed by atoms with Crippen molar-refractivity contribution in [2.75, 3.05) is 44.5 Å². The lowest BCUT2D eigenvalue weighted by atomic mass is 9.48. The van der Waals surface area contributed by atoms with Crippen LogP contribution in [0.2, 0.25) is 0 Å². The lowest BCUT2D eigenvalue weighted by molar-refractivity contribution is -0.139. The highest BCUT2D eigenvalue weighted by Gasteiger charge is 2.68. The van der Waals surface area contributed by atoms with Crippen LogP contribution in [-0.2, 0) is 38.6 Å². The van der Waals surface area contributed by atoms with Crippen LogP contribution >= 0.6 is 0 Å². The number of carbonyl (C=O) groups excluding carboxylic acids is 1. The van der Waals surface area contributed by atoms with Gasteiger partial charge >= 0.3 is 0 Å². The number of hydrogen-bond acceptors (Lipinski definition) is 7. The number of rotatable bonds is 7. The highest BCUT2D eigenvalue weighted by Crippen LogP contribution is 2.66. The van der Waals surface area contributed by atoms with Gasteiger partial charge in [-0.25, -0.2) is 17.7 Å². The summed E-state index contributed by atoms with van der Waals surface area (Å²) in [6.07, 6.45) is 8.72. The van der Waals surface area contributed by atoms with Gasteiger partial charge in [0.25, 0.3) is 0 Å². The number of benzene rings is 1. The van der Waals surface area contributed by atoms with Crippen molar-refractivity contribution in [1.29, 1.82) is 0 Å². The Balaban J connectivity index is 1.32. The molecule has 5 aromatic rings. The van der Waals surface area contributed by atoms with Gasteiger partial charge in [0.2, 0.25) is 15.9 Å². The smallest absolute Gasteiger partial charge is 0.237 e. The van der Waals surface area contributed by atoms with Gasteiger partial charge in [-0.1, -0.05) is 6.07 Å². The van der Waals surface area contributed by atoms with Gasteiger partial charge in [0.15, 0.2) is 0 Å². The van der Waals surface area contributed by atoms with E-state index in [0.717, 1.165) is 49.9 Å². The number of nitrogens with one attached hydrogen (secondary N) is 1. The van der Waals surface area contributed by atoms with Crippen LogP contribution in [0.5, 0.6) is 0 Å². The topological polar surface area (TPSA) is 131 Å². The number of sulfonamides is 1. The Morgan fingerprint density at radius 1 is 1.07 bits per heavy atom. The fourth-order valence-electron chi connectivity index (χ4n) is 7.91. The second-order valence-electron chi connectivity index (χ2n) is 12.6. The zero-order valence-electron chi connectivity index (χ0n) is 25.2. The number of methoxy groups -OCH3 is 1. The molecule has 3 aliphatic rings. The molecule has 0 radical (unpaired) electrons. The summed E-state index contributed by atoms with van der Waals surface area (Å²) in [6.45, 7) is 3.77. The summed E-state index contributed by atoms with van der Waals surface area (Å²) in [5, 5.41) is 11.0. The monoisotopic (exact) mass is 614 g/mol. The Morgan fingerprint density at radius 2 is 1.86 bits per heavy atom. The van der Waals surface area contributed by atoms with Crippen LogP contribution in [0.15, 0.2) is 43.0 Å². The largest absolute Gasteiger partial charge is 0.383 e. The summed E-state index contributed by atoms with van der Waals surface area (Å²) in [4.78, 5) is 24.3. The number of aromatic nitrogens is 6. The Bertz CT molecular complexity index is 2100. The molecule has 0 atom stereocenters. The summed E-state index contributed by atoms with van der Waals surface area (Å²) in [5.74, 6) is 0.136. The van der Waals surface area contributed by atoms with Crippen molar-refractivity contribution in [3.63, 3.8) is 0 Å². The number of ether oxygens (including phenoxy) is 1. The van der Waals surface area contributed by atoms with Crippen LogP contribution in [-0.4, -0.2) is 87.8 Å². The third-order valence-corrected chi connectivity index (χ3v) is 11.7. The molecule has 1 amide bonds. The molecule has 4 aromatic heterocycles. The second kappa shape index (κ2) is 9.22. The van der Waals surface area contributed by atoms with E-state index >= 15 is 0 Å². The second-order valence-corrected chi connectivity index (χ2v) is 14.9. The minimum Gasteiger partial charge on any atom is -0.383 e. The third-order valence-electron chi connectivity index (χ3n) is 9.97. The SMILES string of the molecule is CCS(=O)(=O)N1CC2(C1)CC1(C2)C(=O)N(C)c2cnc3[nH]c(-c4cnn(CCOC)c4)c(-c4ccc5c(cnn5C)c4)c3c21. The maximum absolute atomic E-state index is 14.1. The predicted octanol–water partition coefficient (Wildman–Crippen LogP) is 3.29. The average molecular weight is 615 g/mol. The average Bonchev–Trinajstić information content (AvgIpc) is 3.73. The molecule has 12 nitrogen and oxygen atoms in total. The maximum atomic E-state index is 14.1. The Hall–Kier alpha value is -4.07. The summed E-state index contributed by atoms with van der Waals surface area (Å²) >= 11 is 0. The third kappa shape index (κ3) is 3.66. The normalized spacial score (nSPS) is 18.9. The molecule has 8 rings (SSSR count). The molecule has 44 heavy (non-hydrogen) atoms. The summed E-state index contributed by atoms with van der Waals surface area (Å²) in [5.41, 5.74) is 6.33. The molecule has 13 heteroatoms. The molecule has 2 aliphatic heterocycles. The van der Waals surface area contributed by atoms with Crippen LogP contribution in [0.3, 0.4) is 0 Å². The molecule has 1 aromatic carbocycles. The molecule has 1 N–H and O–H groups in total. The molecular formula is C31H34N8O4S. The van der Waals surface area contributed by atoms with Crippen molar-refractivity contribution in [1.82, 2.24) is 33.8 Å². The molecular weight excluding hydrogens is 580 g/mol. The van der Waals surface area contributed by atoms with E-state index in [1.165, 1.54) is 0 Å². The number of nitrogens with zero attached hydrogens (tertiary/aromatic N) is 7. The molecule has 6 heterocycles. The van der Waals surface area contributed by atoms with E-state index in [-0.39, 0.29) is 17.1 Å². The Labute approximate surface area is 254 Å². The molecule has 1 saturated carbocycles. The Morgan fingerprint density at radius 3 is 2.61 bits per heavy atom. The van der Waals surface area contributed by atoms with Crippen LogP contribution < -0.4 is 4.90 Å². The lowest BCUT2D eigenvalue weighted by Gasteiger charge is -2.62. The van der Waals surface area contributed by atoms with Crippen molar-refractivity contribution in [3.05, 3.63) is 48.5 Å². The summed E-state index contributed by atoms with van der Waals surface area (Å²) < 4.78 is 35.6. The molecule has 2 spiro atoms. The van der Waals surface area contributed by atoms with Crippen molar-refractivity contribution >= 4 is 43.6 Å². The van der Waals surface area contributed by atoms with Crippen molar-refractivity contribution < 1.29 is 17.9 Å². The number of carbonyl (C=O) groups is 1. The molecule has 0 bridgehead atoms. The zero-order chi connectivity index (χ0) is 30.6. The minimum atomic E-state index is -3.25. The van der Waals surface area contributed by atoms with E-state index in [2.05, 4.69) is 33.4 Å². The van der Waals surface area contributed by atoms with Gasteiger partial charge < -0.3 is 14.6 Å². The van der Waals surface area contributed by atoms with Crippen LogP contribution in [0.25, 0.3) is 44.3 Å². The molecule has 228 valence electrons. The van der Waals surface area contributed by atoms with E-state index in [0.29, 0.717) is 44.7 Å². The molecule has 0 unspecified atom stereocenters. The number of amides is 1. The summed E-state index contributed by atoms with van der Waals surface area (Å²) in [6, 6.07) is 6.30. The number of likely N-dealkylation sites (N-methyl/N-ethyl adjacent to an activating group) is 1. The predicted molar refractivity (Wildman–Crippen MR) is 167 cm³/mol. The van der Waals surface area contributed by atoms with Gasteiger partial charge in [0.05, 0.1) is 59.8 Å². The Kier molecular flexibility index (Phi) is 5.76. The molecule has 1 aliphatic carbocycles. The lowest BCUT2D eigenvalue weighted by Crippen LogP contribution is -2.69. The summed E-state index contributed by atoms with van der Waals surface area (Å²) in [7, 11) is 2.16. The van der Waals surface area contributed by atoms with E-state index in [4.69, 9.17) is 9.72 Å². The zero-order valence-corrected chi connectivity index (χ0v) is 26.0. The van der Waals surface area contributed by atoms with Gasteiger partial charge in [-0.15, -0.1) is 0 Å². The van der Waals surface area contributed by atoms with Crippen molar-refractivity contribution in [2.45, 2.75) is 31.7 Å². The first-order valence-electron chi connectivity index (χ1n) is 14.8. The number of hydrogen-bond donors (Lipinski definition) is 1. The van der Waals surface area contributed by atoms with Gasteiger partial charge in [-0.2, -0.15) is 10.2 Å². The number of aromatic amines is 1. The fraction of sp³-hybridized carbons (Fsp3) is 0.419. The first-order chi connectivity index (χ1) is 21.1. The quantitative estimate of drug-likeness (QED) is 0.298. The number of H-pyrrole nitrogens is 1. The van der Waals surface area contributed by atoms with E-state index in [1.54, 1.807) is 29.4 Å². The number of aryl methyl sites for hydroxylation is 1. The van der Waals surface area contributed by atoms with Gasteiger partial charge in [0.1, 0.15) is 5.65 Å². The van der Waals surface area contributed by atoms with Crippen LogP contribution in [0.1, 0.15) is 25.3 Å². The number of pyridine rings is 1. The van der Waals surface area contributed by atoms with Gasteiger partial charge in [-0.05, 0) is 37.5 Å². The van der Waals surface area contributed by atoms with Crippen LogP contribution in [0.4, 0.5) is 5.69 Å². The first-order valence-corrected chi connectivity index (χ1v) is 16.5. The fourth-order valence-corrected chi connectivity index (χ4v) is 9.21. The number of anilines is 1. The first kappa shape index (κ1) is 27.5. The van der Waals surface area contributed by atoms with E-state index < -0.39 is 15.4 Å². The van der Waals surface area contributed by atoms with Crippen molar-refractivity contribution in [3.8, 4) is 22.4 Å². The van der Waals surface area contributed by atoms with Gasteiger partial charge in [0, 0.05) is 73.4 Å². The standard InChI is InChI=1S/C31H34N8O4S/c1-5-44(41,42)39-17-30(18-39)15-31(16-30)26-23(36(2)29(31)40)13-32-28-25(26)24(19-6-7-22-20(10-19)11-33-37(22)3)27(35-28)21-12-34-38(14-21)8-9-43-4/h6-7,10-14H,5,8-9,15-18H2,1-4H3,(H,32,35). The molecule has 1 saturated heterocycles. The van der Waals surface area contributed by atoms with Crippen molar-refractivity contribution in [2.24, 2.45) is 12.5 Å². The molecule has 2 fully saturated rings. The highest BCUT2D eigenvalue weighted by atomic mass is 32.2. The highest BCUT2D eigenvalue weighted by molar-refractivity contribution is 7.89. The van der Waals surface area contributed by atoms with E-state index in [1.807, 2.05) is 42.0 Å². The minimum absolute atomic E-state index is 0.0491. The van der Waals surface area contributed by atoms with Crippen LogP contribution in [0, 0.1) is 5.41 Å².